The molecule has 2 aromatic rings. The fourth-order valence-electron chi connectivity index (χ4n) is 2.21. The van der Waals surface area contributed by atoms with Crippen LogP contribution in [0.4, 0.5) is 23.7 Å². The van der Waals surface area contributed by atoms with Crippen molar-refractivity contribution in [3.8, 4) is 5.75 Å². The molecule has 0 unspecified atom stereocenters. The Balaban J connectivity index is 1.85. The quantitative estimate of drug-likeness (QED) is 0.742. The first-order valence-electron chi connectivity index (χ1n) is 7.77. The number of benzene rings is 2. The zero-order valence-corrected chi connectivity index (χ0v) is 14.9. The van der Waals surface area contributed by atoms with Crippen molar-refractivity contribution >= 4 is 40.5 Å². The summed E-state index contributed by atoms with van der Waals surface area (Å²) in [5.74, 6) is -4.45. The van der Waals surface area contributed by atoms with Gasteiger partial charge in [-0.1, -0.05) is 12.1 Å². The molecule has 3 N–H and O–H groups in total. The summed E-state index contributed by atoms with van der Waals surface area (Å²) in [6.45, 7) is -0.254. The van der Waals surface area contributed by atoms with Crippen LogP contribution in [0.5, 0.6) is 5.75 Å². The summed E-state index contributed by atoms with van der Waals surface area (Å²) in [6.07, 6.45) is 1.62. The highest BCUT2D eigenvalue weighted by molar-refractivity contribution is 8.18. The number of halogens is 3. The monoisotopic (exact) mass is 407 g/mol. The van der Waals surface area contributed by atoms with Gasteiger partial charge in [0.05, 0.1) is 10.6 Å². The number of nitrogens with two attached hydrogens (primary N) is 1. The number of rotatable bonds is 5. The molecule has 2 aromatic carbocycles. The second-order valence-corrected chi connectivity index (χ2v) is 6.55. The maximum absolute atomic E-state index is 13.4. The number of nitrogens with zero attached hydrogens (tertiary/aromatic N) is 1. The Kier molecular flexibility index (Phi) is 5.69. The molecule has 0 aromatic heterocycles. The van der Waals surface area contributed by atoms with Crippen LogP contribution in [0, 0.1) is 17.5 Å². The first-order valence-corrected chi connectivity index (χ1v) is 8.59. The Morgan fingerprint density at radius 2 is 1.82 bits per heavy atom. The van der Waals surface area contributed by atoms with Gasteiger partial charge in [-0.05, 0) is 35.5 Å². The molecule has 1 fully saturated rings. The molecule has 10 heteroatoms. The highest BCUT2D eigenvalue weighted by Crippen LogP contribution is 2.29. The summed E-state index contributed by atoms with van der Waals surface area (Å²) < 4.78 is 44.9. The van der Waals surface area contributed by atoms with E-state index in [9.17, 15) is 22.8 Å². The van der Waals surface area contributed by atoms with Gasteiger partial charge >= 0.3 is 0 Å². The van der Waals surface area contributed by atoms with Gasteiger partial charge in [0, 0.05) is 12.1 Å². The molecule has 1 heterocycles. The Labute approximate surface area is 161 Å². The van der Waals surface area contributed by atoms with E-state index in [1.54, 1.807) is 30.3 Å². The molecule has 0 aliphatic carbocycles. The highest BCUT2D eigenvalue weighted by Gasteiger charge is 2.24. The van der Waals surface area contributed by atoms with E-state index in [1.165, 1.54) is 0 Å². The molecule has 6 nitrogen and oxygen atoms in total. The maximum atomic E-state index is 13.4. The summed E-state index contributed by atoms with van der Waals surface area (Å²) in [7, 11) is 0. The van der Waals surface area contributed by atoms with Gasteiger partial charge in [-0.25, -0.2) is 18.2 Å². The maximum Gasteiger partial charge on any atom is 0.289 e. The Morgan fingerprint density at radius 1 is 1.18 bits per heavy atom. The van der Waals surface area contributed by atoms with Gasteiger partial charge in [0.2, 0.25) is 0 Å². The second-order valence-electron chi connectivity index (χ2n) is 5.53. The lowest BCUT2D eigenvalue weighted by atomic mass is 10.2. The van der Waals surface area contributed by atoms with Crippen molar-refractivity contribution in [1.29, 1.82) is 0 Å². The standard InChI is InChI=1S/C18H12F3N3O3S/c19-12-6-10(7-13(20)16(12)21)23-17-14(28-18(26)24-17)5-9-1-3-11(4-2-9)27-8-15(22)25/h1-7H,8H2,(H2,22,25)(H,23,24,26)/b14-5-. The van der Waals surface area contributed by atoms with E-state index in [1.807, 2.05) is 0 Å². The van der Waals surface area contributed by atoms with Crippen molar-refractivity contribution < 1.29 is 27.5 Å². The fraction of sp³-hybridized carbons (Fsp3) is 0.0556. The van der Waals surface area contributed by atoms with E-state index in [0.29, 0.717) is 16.2 Å². The Hall–Kier alpha value is -3.27. The fourth-order valence-corrected chi connectivity index (χ4v) is 2.95. The average Bonchev–Trinajstić information content (AvgIpc) is 2.97. The van der Waals surface area contributed by atoms with Crippen LogP contribution < -0.4 is 15.8 Å². The molecule has 3 rings (SSSR count). The van der Waals surface area contributed by atoms with Gasteiger partial charge in [0.25, 0.3) is 11.1 Å². The van der Waals surface area contributed by atoms with Gasteiger partial charge < -0.3 is 15.8 Å². The van der Waals surface area contributed by atoms with Crippen molar-refractivity contribution in [2.24, 2.45) is 10.7 Å². The lowest BCUT2D eigenvalue weighted by Gasteiger charge is -2.04. The smallest absolute Gasteiger partial charge is 0.289 e. The topological polar surface area (TPSA) is 93.8 Å². The SMILES string of the molecule is NC(=O)COc1ccc(/C=C2\SC(=O)NC2=Nc2cc(F)c(F)c(F)c2)cc1. The van der Waals surface area contributed by atoms with Crippen LogP contribution >= 0.6 is 11.8 Å². The number of ether oxygens (including phenoxy) is 1. The van der Waals surface area contributed by atoms with Gasteiger partial charge in [-0.2, -0.15) is 0 Å². The van der Waals surface area contributed by atoms with E-state index < -0.39 is 28.6 Å². The Bertz CT molecular complexity index is 984. The van der Waals surface area contributed by atoms with Crippen LogP contribution in [0.1, 0.15) is 5.56 Å². The summed E-state index contributed by atoms with van der Waals surface area (Å²) in [4.78, 5) is 26.8. The van der Waals surface area contributed by atoms with E-state index in [2.05, 4.69) is 10.3 Å². The van der Waals surface area contributed by atoms with Crippen LogP contribution in [0.2, 0.25) is 0 Å². The number of amides is 2. The van der Waals surface area contributed by atoms with Crippen molar-refractivity contribution in [2.75, 3.05) is 6.61 Å². The number of carbonyl (C=O) groups is 2. The van der Waals surface area contributed by atoms with Gasteiger partial charge in [-0.15, -0.1) is 0 Å². The minimum atomic E-state index is -1.59. The van der Waals surface area contributed by atoms with Crippen LogP contribution in [0.15, 0.2) is 46.3 Å². The molecule has 0 atom stereocenters. The van der Waals surface area contributed by atoms with E-state index >= 15 is 0 Å². The molecule has 144 valence electrons. The largest absolute Gasteiger partial charge is 0.484 e. The molecule has 2 amide bonds. The molecular weight excluding hydrogens is 395 g/mol. The summed E-state index contributed by atoms with van der Waals surface area (Å²) >= 11 is 0.844. The summed E-state index contributed by atoms with van der Waals surface area (Å²) in [6, 6.07) is 7.99. The predicted octanol–water partition coefficient (Wildman–Crippen LogP) is 3.50. The molecular formula is C18H12F3N3O3S. The Morgan fingerprint density at radius 3 is 2.43 bits per heavy atom. The van der Waals surface area contributed by atoms with Crippen LogP contribution in [0.25, 0.3) is 6.08 Å². The number of primary amides is 1. The molecule has 0 spiro atoms. The number of hydrogen-bond donors (Lipinski definition) is 2. The highest BCUT2D eigenvalue weighted by atomic mass is 32.2. The predicted molar refractivity (Wildman–Crippen MR) is 98.6 cm³/mol. The molecule has 0 bridgehead atoms. The first kappa shape index (κ1) is 19.5. The zero-order valence-electron chi connectivity index (χ0n) is 14.0. The van der Waals surface area contributed by atoms with Crippen molar-refractivity contribution in [3.05, 3.63) is 64.3 Å². The van der Waals surface area contributed by atoms with Gasteiger partial charge in [0.1, 0.15) is 11.6 Å². The molecule has 1 aliphatic heterocycles. The number of hydrogen-bond acceptors (Lipinski definition) is 5. The number of thioether (sulfide) groups is 1. The third-order valence-electron chi connectivity index (χ3n) is 3.42. The molecule has 0 radical (unpaired) electrons. The van der Waals surface area contributed by atoms with Crippen molar-refractivity contribution in [1.82, 2.24) is 5.32 Å². The van der Waals surface area contributed by atoms with Crippen molar-refractivity contribution in [3.63, 3.8) is 0 Å². The van der Waals surface area contributed by atoms with Gasteiger partial charge in [-0.3, -0.25) is 9.59 Å². The van der Waals surface area contributed by atoms with Crippen molar-refractivity contribution in [2.45, 2.75) is 0 Å². The molecule has 1 aliphatic rings. The lowest BCUT2D eigenvalue weighted by Crippen LogP contribution is -2.19. The van der Waals surface area contributed by atoms with Crippen LogP contribution in [-0.4, -0.2) is 23.6 Å². The number of carbonyl (C=O) groups excluding carboxylic acids is 2. The lowest BCUT2D eigenvalue weighted by molar-refractivity contribution is -0.119. The first-order chi connectivity index (χ1) is 13.3. The minimum Gasteiger partial charge on any atom is -0.484 e. The van der Waals surface area contributed by atoms with Crippen LogP contribution in [0.3, 0.4) is 0 Å². The average molecular weight is 407 g/mol. The number of aliphatic imine (C=N–C) groups is 1. The van der Waals surface area contributed by atoms with Gasteiger partial charge in [0.15, 0.2) is 24.1 Å². The summed E-state index contributed by atoms with van der Waals surface area (Å²) in [5, 5.41) is 2.04. The normalized spacial score (nSPS) is 16.5. The van der Waals surface area contributed by atoms with Crippen LogP contribution in [-0.2, 0) is 4.79 Å². The molecule has 28 heavy (non-hydrogen) atoms. The third-order valence-corrected chi connectivity index (χ3v) is 4.24. The number of amidine groups is 1. The number of nitrogens with one attached hydrogen (secondary N) is 1. The third kappa shape index (κ3) is 4.71. The van der Waals surface area contributed by atoms with E-state index in [0.717, 1.165) is 23.9 Å². The molecule has 1 saturated heterocycles. The zero-order chi connectivity index (χ0) is 20.3. The molecule has 0 saturated carbocycles. The van der Waals surface area contributed by atoms with E-state index in [-0.39, 0.29) is 18.1 Å². The summed E-state index contributed by atoms with van der Waals surface area (Å²) in [5.41, 5.74) is 5.49. The minimum absolute atomic E-state index is 0.0782. The second kappa shape index (κ2) is 8.17. The van der Waals surface area contributed by atoms with E-state index in [4.69, 9.17) is 10.5 Å².